The standard InChI is InChI=1S/C13H15ClN4S/c14-9-4-5-11(10(15)7-9)19-8-13-17-16-12-3-1-2-6-18(12)13/h4-5,7H,1-3,6,8,15H2. The Labute approximate surface area is 121 Å². The van der Waals surface area contributed by atoms with Gasteiger partial charge in [-0.3, -0.25) is 0 Å². The lowest BCUT2D eigenvalue weighted by Gasteiger charge is -2.14. The van der Waals surface area contributed by atoms with E-state index < -0.39 is 0 Å². The Kier molecular flexibility index (Phi) is 3.66. The molecule has 0 spiro atoms. The van der Waals surface area contributed by atoms with Gasteiger partial charge in [-0.25, -0.2) is 0 Å². The van der Waals surface area contributed by atoms with Crippen molar-refractivity contribution in [3.05, 3.63) is 34.9 Å². The molecule has 1 aromatic carbocycles. The van der Waals surface area contributed by atoms with Gasteiger partial charge in [-0.1, -0.05) is 11.6 Å². The molecule has 2 N–H and O–H groups in total. The molecule has 0 aliphatic carbocycles. The van der Waals surface area contributed by atoms with Crippen molar-refractivity contribution in [2.45, 2.75) is 36.5 Å². The molecule has 100 valence electrons. The van der Waals surface area contributed by atoms with Crippen LogP contribution in [0.1, 0.15) is 24.5 Å². The van der Waals surface area contributed by atoms with Crippen molar-refractivity contribution in [3.8, 4) is 0 Å². The molecule has 1 aliphatic heterocycles. The molecule has 4 nitrogen and oxygen atoms in total. The van der Waals surface area contributed by atoms with E-state index >= 15 is 0 Å². The highest BCUT2D eigenvalue weighted by molar-refractivity contribution is 7.98. The molecule has 0 fully saturated rings. The third kappa shape index (κ3) is 2.72. The van der Waals surface area contributed by atoms with Gasteiger partial charge in [-0.15, -0.1) is 22.0 Å². The Balaban J connectivity index is 1.74. The zero-order valence-corrected chi connectivity index (χ0v) is 12.0. The number of aryl methyl sites for hydroxylation is 1. The Morgan fingerprint density at radius 3 is 3.05 bits per heavy atom. The maximum Gasteiger partial charge on any atom is 0.143 e. The molecule has 0 bridgehead atoms. The summed E-state index contributed by atoms with van der Waals surface area (Å²) in [6.07, 6.45) is 3.47. The van der Waals surface area contributed by atoms with Gasteiger partial charge in [0.25, 0.3) is 0 Å². The molecule has 1 aromatic heterocycles. The van der Waals surface area contributed by atoms with Gasteiger partial charge in [-0.05, 0) is 31.0 Å². The summed E-state index contributed by atoms with van der Waals surface area (Å²) >= 11 is 7.58. The van der Waals surface area contributed by atoms with Crippen LogP contribution in [0.3, 0.4) is 0 Å². The van der Waals surface area contributed by atoms with Gasteiger partial charge in [0.15, 0.2) is 0 Å². The summed E-state index contributed by atoms with van der Waals surface area (Å²) in [4.78, 5) is 1.04. The second-order valence-electron chi connectivity index (χ2n) is 4.61. The SMILES string of the molecule is Nc1cc(Cl)ccc1SCc1nnc2n1CCCC2. The molecule has 0 unspecified atom stereocenters. The van der Waals surface area contributed by atoms with Crippen molar-refractivity contribution < 1.29 is 0 Å². The fraction of sp³-hybridized carbons (Fsp3) is 0.385. The molecule has 1 aliphatic rings. The Hall–Kier alpha value is -1.20. The molecular formula is C13H15ClN4S. The molecule has 0 amide bonds. The topological polar surface area (TPSA) is 56.7 Å². The molecule has 0 atom stereocenters. The molecule has 2 aromatic rings. The smallest absolute Gasteiger partial charge is 0.143 e. The van der Waals surface area contributed by atoms with Gasteiger partial charge in [0.1, 0.15) is 11.6 Å². The van der Waals surface area contributed by atoms with Gasteiger partial charge in [0.05, 0.1) is 5.75 Å². The third-order valence-electron chi connectivity index (χ3n) is 3.26. The maximum absolute atomic E-state index is 5.95. The lowest BCUT2D eigenvalue weighted by Crippen LogP contribution is -2.12. The number of fused-ring (bicyclic) bond motifs is 1. The van der Waals surface area contributed by atoms with Crippen LogP contribution in [0.5, 0.6) is 0 Å². The predicted molar refractivity (Wildman–Crippen MR) is 78.4 cm³/mol. The van der Waals surface area contributed by atoms with Crippen LogP contribution in [0, 0.1) is 0 Å². The monoisotopic (exact) mass is 294 g/mol. The minimum atomic E-state index is 0.668. The van der Waals surface area contributed by atoms with Crippen molar-refractivity contribution in [1.82, 2.24) is 14.8 Å². The first-order valence-corrected chi connectivity index (χ1v) is 7.69. The fourth-order valence-corrected chi connectivity index (χ4v) is 3.34. The van der Waals surface area contributed by atoms with Crippen molar-refractivity contribution in [1.29, 1.82) is 0 Å². The first-order chi connectivity index (χ1) is 9.24. The van der Waals surface area contributed by atoms with E-state index in [0.29, 0.717) is 5.02 Å². The van der Waals surface area contributed by atoms with E-state index in [4.69, 9.17) is 17.3 Å². The molecule has 0 saturated carbocycles. The Morgan fingerprint density at radius 2 is 2.21 bits per heavy atom. The average Bonchev–Trinajstić information content (AvgIpc) is 2.81. The van der Waals surface area contributed by atoms with Gasteiger partial charge >= 0.3 is 0 Å². The van der Waals surface area contributed by atoms with E-state index in [1.807, 2.05) is 12.1 Å². The van der Waals surface area contributed by atoms with E-state index in [0.717, 1.165) is 41.0 Å². The minimum absolute atomic E-state index is 0.668. The van der Waals surface area contributed by atoms with Crippen LogP contribution in [-0.2, 0) is 18.7 Å². The maximum atomic E-state index is 5.95. The lowest BCUT2D eigenvalue weighted by atomic mass is 10.2. The van der Waals surface area contributed by atoms with Crippen molar-refractivity contribution in [2.75, 3.05) is 5.73 Å². The molecule has 2 heterocycles. The lowest BCUT2D eigenvalue weighted by molar-refractivity contribution is 0.513. The highest BCUT2D eigenvalue weighted by atomic mass is 35.5. The van der Waals surface area contributed by atoms with Crippen LogP contribution < -0.4 is 5.73 Å². The second kappa shape index (κ2) is 5.43. The Bertz CT molecular complexity index is 596. The molecule has 19 heavy (non-hydrogen) atoms. The molecule has 6 heteroatoms. The summed E-state index contributed by atoms with van der Waals surface area (Å²) in [6.45, 7) is 1.04. The molecule has 0 radical (unpaired) electrons. The van der Waals surface area contributed by atoms with Crippen LogP contribution in [-0.4, -0.2) is 14.8 Å². The first kappa shape index (κ1) is 12.8. The van der Waals surface area contributed by atoms with Gasteiger partial charge < -0.3 is 10.3 Å². The summed E-state index contributed by atoms with van der Waals surface area (Å²) in [7, 11) is 0. The normalized spacial score (nSPS) is 14.4. The molecule has 3 rings (SSSR count). The largest absolute Gasteiger partial charge is 0.398 e. The number of hydrogen-bond donors (Lipinski definition) is 1. The average molecular weight is 295 g/mol. The number of halogens is 1. The van der Waals surface area contributed by atoms with Crippen LogP contribution >= 0.6 is 23.4 Å². The van der Waals surface area contributed by atoms with Crippen molar-refractivity contribution in [2.24, 2.45) is 0 Å². The van der Waals surface area contributed by atoms with Gasteiger partial charge in [-0.2, -0.15) is 0 Å². The number of nitrogens with zero attached hydrogens (tertiary/aromatic N) is 3. The zero-order valence-electron chi connectivity index (χ0n) is 10.5. The number of rotatable bonds is 3. The van der Waals surface area contributed by atoms with Crippen LogP contribution in [0.25, 0.3) is 0 Å². The van der Waals surface area contributed by atoms with Crippen LogP contribution in [0.15, 0.2) is 23.1 Å². The third-order valence-corrected chi connectivity index (χ3v) is 4.59. The van der Waals surface area contributed by atoms with E-state index in [2.05, 4.69) is 14.8 Å². The molecular weight excluding hydrogens is 280 g/mol. The highest BCUT2D eigenvalue weighted by Gasteiger charge is 2.15. The number of nitrogen functional groups attached to an aromatic ring is 1. The van der Waals surface area contributed by atoms with E-state index in [1.54, 1.807) is 17.8 Å². The van der Waals surface area contributed by atoms with Gasteiger partial charge in [0.2, 0.25) is 0 Å². The fourth-order valence-electron chi connectivity index (χ4n) is 2.27. The number of benzene rings is 1. The number of nitrogens with two attached hydrogens (primary N) is 1. The summed E-state index contributed by atoms with van der Waals surface area (Å²) in [5.41, 5.74) is 6.67. The minimum Gasteiger partial charge on any atom is -0.398 e. The van der Waals surface area contributed by atoms with E-state index in [1.165, 1.54) is 12.8 Å². The zero-order chi connectivity index (χ0) is 13.2. The van der Waals surface area contributed by atoms with E-state index in [9.17, 15) is 0 Å². The number of anilines is 1. The van der Waals surface area contributed by atoms with Gasteiger partial charge in [0, 0.05) is 28.6 Å². The first-order valence-electron chi connectivity index (χ1n) is 6.33. The number of thioether (sulfide) groups is 1. The summed E-state index contributed by atoms with van der Waals surface area (Å²) in [5.74, 6) is 2.94. The molecule has 0 saturated heterocycles. The summed E-state index contributed by atoms with van der Waals surface area (Å²) < 4.78 is 2.24. The summed E-state index contributed by atoms with van der Waals surface area (Å²) in [6, 6.07) is 5.60. The number of hydrogen-bond acceptors (Lipinski definition) is 4. The highest BCUT2D eigenvalue weighted by Crippen LogP contribution is 2.30. The number of aromatic nitrogens is 3. The van der Waals surface area contributed by atoms with Crippen molar-refractivity contribution >= 4 is 29.1 Å². The Morgan fingerprint density at radius 1 is 1.32 bits per heavy atom. The van der Waals surface area contributed by atoms with Crippen molar-refractivity contribution in [3.63, 3.8) is 0 Å². The summed E-state index contributed by atoms with van der Waals surface area (Å²) in [5, 5.41) is 9.21. The second-order valence-corrected chi connectivity index (χ2v) is 6.07. The van der Waals surface area contributed by atoms with E-state index in [-0.39, 0.29) is 0 Å². The quantitative estimate of drug-likeness (QED) is 0.698. The van der Waals surface area contributed by atoms with Crippen LogP contribution in [0.2, 0.25) is 5.02 Å². The van der Waals surface area contributed by atoms with Crippen LogP contribution in [0.4, 0.5) is 5.69 Å². The predicted octanol–water partition coefficient (Wildman–Crippen LogP) is 3.14.